The lowest BCUT2D eigenvalue weighted by molar-refractivity contribution is -0.132. The van der Waals surface area contributed by atoms with Crippen LogP contribution in [0.4, 0.5) is 0 Å². The number of aromatic nitrogens is 2. The van der Waals surface area contributed by atoms with Gasteiger partial charge in [0.05, 0.1) is 5.69 Å². The molecule has 1 aromatic heterocycles. The fourth-order valence-corrected chi connectivity index (χ4v) is 5.43. The summed E-state index contributed by atoms with van der Waals surface area (Å²) in [6, 6.07) is 10.5. The summed E-state index contributed by atoms with van der Waals surface area (Å²) in [6.07, 6.45) is 5.01. The van der Waals surface area contributed by atoms with Gasteiger partial charge >= 0.3 is 0 Å². The quantitative estimate of drug-likeness (QED) is 0.631. The highest BCUT2D eigenvalue weighted by atomic mass is 16.2. The summed E-state index contributed by atoms with van der Waals surface area (Å²) >= 11 is 0. The van der Waals surface area contributed by atoms with E-state index < -0.39 is 0 Å². The first-order valence-corrected chi connectivity index (χ1v) is 11.4. The molecule has 2 aliphatic rings. The van der Waals surface area contributed by atoms with Crippen LogP contribution in [0.1, 0.15) is 57.7 Å². The molecule has 1 saturated heterocycles. The SMILES string of the molecule is Cc1n[nH]c(C)c1CCC(=O)N1CCC[C@H](C(=O)c2ccc3c4c(cccc24)CC3)C1. The number of amides is 1. The van der Waals surface area contributed by atoms with E-state index in [1.54, 1.807) is 0 Å². The van der Waals surface area contributed by atoms with Gasteiger partial charge < -0.3 is 4.90 Å². The van der Waals surface area contributed by atoms with E-state index in [1.807, 2.05) is 24.8 Å². The molecule has 31 heavy (non-hydrogen) atoms. The van der Waals surface area contributed by atoms with Crippen LogP contribution in [0.25, 0.3) is 10.8 Å². The van der Waals surface area contributed by atoms with Crippen LogP contribution in [0, 0.1) is 19.8 Å². The molecule has 0 spiro atoms. The molecule has 2 heterocycles. The van der Waals surface area contributed by atoms with Crippen molar-refractivity contribution in [2.24, 2.45) is 5.92 Å². The Bertz CT molecular complexity index is 1150. The Kier molecular flexibility index (Phi) is 5.12. The third-order valence-corrected chi connectivity index (χ3v) is 7.16. The minimum atomic E-state index is -0.117. The Morgan fingerprint density at radius 3 is 2.71 bits per heavy atom. The number of piperidine rings is 1. The molecular formula is C26H29N3O2. The molecule has 0 bridgehead atoms. The van der Waals surface area contributed by atoms with E-state index in [-0.39, 0.29) is 17.6 Å². The van der Waals surface area contributed by atoms with Crippen molar-refractivity contribution in [3.8, 4) is 0 Å². The van der Waals surface area contributed by atoms with Gasteiger partial charge in [0, 0.05) is 36.7 Å². The van der Waals surface area contributed by atoms with E-state index in [1.165, 1.54) is 16.5 Å². The Morgan fingerprint density at radius 1 is 1.13 bits per heavy atom. The second-order valence-electron chi connectivity index (χ2n) is 9.07. The fourth-order valence-electron chi connectivity index (χ4n) is 5.43. The molecule has 3 aromatic rings. The summed E-state index contributed by atoms with van der Waals surface area (Å²) in [6.45, 7) is 5.24. The Morgan fingerprint density at radius 2 is 1.94 bits per heavy atom. The van der Waals surface area contributed by atoms with Gasteiger partial charge in [-0.3, -0.25) is 14.7 Å². The summed E-state index contributed by atoms with van der Waals surface area (Å²) in [5.41, 5.74) is 6.66. The lowest BCUT2D eigenvalue weighted by Crippen LogP contribution is -2.42. The topological polar surface area (TPSA) is 66.1 Å². The molecule has 5 rings (SSSR count). The molecule has 5 heteroatoms. The van der Waals surface area contributed by atoms with E-state index in [2.05, 4.69) is 34.5 Å². The van der Waals surface area contributed by atoms with Crippen molar-refractivity contribution in [1.82, 2.24) is 15.1 Å². The number of hydrogen-bond donors (Lipinski definition) is 1. The van der Waals surface area contributed by atoms with Crippen LogP contribution in [0.3, 0.4) is 0 Å². The number of H-pyrrole nitrogens is 1. The highest BCUT2D eigenvalue weighted by Crippen LogP contribution is 2.34. The van der Waals surface area contributed by atoms with Crippen molar-refractivity contribution in [2.75, 3.05) is 13.1 Å². The average molecular weight is 416 g/mol. The number of carbonyl (C=O) groups is 2. The molecule has 2 aromatic carbocycles. The Hall–Kier alpha value is -2.95. The van der Waals surface area contributed by atoms with Gasteiger partial charge in [0.1, 0.15) is 0 Å². The standard InChI is InChI=1S/C26H29N3O2/c1-16-21(17(2)28-27-16)12-13-24(30)29-14-4-6-20(15-29)26(31)23-11-10-19-9-8-18-5-3-7-22(23)25(18)19/h3,5,7,10-11,20H,4,6,8-9,12-15H2,1-2H3,(H,27,28)/t20-/m0/s1. The Balaban J connectivity index is 1.31. The van der Waals surface area contributed by atoms with E-state index in [0.29, 0.717) is 19.4 Å². The second kappa shape index (κ2) is 7.95. The van der Waals surface area contributed by atoms with Crippen LogP contribution < -0.4 is 0 Å². The summed E-state index contributed by atoms with van der Waals surface area (Å²) in [5, 5.41) is 9.58. The number of likely N-dealkylation sites (tertiary alicyclic amines) is 1. The normalized spacial score (nSPS) is 18.0. The maximum Gasteiger partial charge on any atom is 0.222 e. The van der Waals surface area contributed by atoms with Crippen molar-refractivity contribution in [3.63, 3.8) is 0 Å². The number of Topliss-reactive ketones (excluding diaryl/α,β-unsaturated/α-hetero) is 1. The average Bonchev–Trinajstić information content (AvgIpc) is 3.36. The highest BCUT2D eigenvalue weighted by molar-refractivity contribution is 6.11. The van der Waals surface area contributed by atoms with Crippen LogP contribution >= 0.6 is 0 Å². The third kappa shape index (κ3) is 3.56. The summed E-state index contributed by atoms with van der Waals surface area (Å²) in [4.78, 5) is 28.3. The number of rotatable bonds is 5. The summed E-state index contributed by atoms with van der Waals surface area (Å²) in [7, 11) is 0. The van der Waals surface area contributed by atoms with E-state index in [0.717, 1.165) is 60.1 Å². The first-order valence-electron chi connectivity index (χ1n) is 11.4. The van der Waals surface area contributed by atoms with Gasteiger partial charge in [-0.1, -0.05) is 30.3 Å². The third-order valence-electron chi connectivity index (χ3n) is 7.16. The number of nitrogens with zero attached hydrogens (tertiary/aromatic N) is 2. The first-order chi connectivity index (χ1) is 15.0. The molecule has 0 saturated carbocycles. The molecule has 5 nitrogen and oxygen atoms in total. The maximum atomic E-state index is 13.5. The van der Waals surface area contributed by atoms with Crippen molar-refractivity contribution in [1.29, 1.82) is 0 Å². The van der Waals surface area contributed by atoms with Gasteiger partial charge in [-0.15, -0.1) is 0 Å². The molecular weight excluding hydrogens is 386 g/mol. The predicted octanol–water partition coefficient (Wildman–Crippen LogP) is 4.33. The number of carbonyl (C=O) groups excluding carboxylic acids is 2. The van der Waals surface area contributed by atoms with Crippen molar-refractivity contribution < 1.29 is 9.59 Å². The van der Waals surface area contributed by atoms with Crippen molar-refractivity contribution in [3.05, 3.63) is 64.0 Å². The van der Waals surface area contributed by atoms with Gasteiger partial charge in [0.2, 0.25) is 5.91 Å². The number of ketones is 1. The molecule has 0 unspecified atom stereocenters. The first kappa shape index (κ1) is 20.0. The maximum absolute atomic E-state index is 13.5. The lowest BCUT2D eigenvalue weighted by Gasteiger charge is -2.32. The van der Waals surface area contributed by atoms with Gasteiger partial charge in [0.15, 0.2) is 5.78 Å². The number of hydrogen-bond acceptors (Lipinski definition) is 3. The van der Waals surface area contributed by atoms with Crippen LogP contribution in [-0.4, -0.2) is 39.9 Å². The molecule has 1 atom stereocenters. The van der Waals surface area contributed by atoms with Crippen molar-refractivity contribution >= 4 is 22.5 Å². The molecule has 160 valence electrons. The number of aryl methyl sites for hydroxylation is 4. The van der Waals surface area contributed by atoms with Gasteiger partial charge in [0.25, 0.3) is 0 Å². The molecule has 0 radical (unpaired) electrons. The number of aromatic amines is 1. The van der Waals surface area contributed by atoms with Crippen LogP contribution in [0.15, 0.2) is 30.3 Å². The molecule has 1 aliphatic carbocycles. The number of benzene rings is 2. The van der Waals surface area contributed by atoms with Crippen LogP contribution in [-0.2, 0) is 24.1 Å². The zero-order chi connectivity index (χ0) is 21.5. The number of nitrogens with one attached hydrogen (secondary N) is 1. The van der Waals surface area contributed by atoms with E-state index in [9.17, 15) is 9.59 Å². The van der Waals surface area contributed by atoms with Crippen LogP contribution in [0.5, 0.6) is 0 Å². The highest BCUT2D eigenvalue weighted by Gasteiger charge is 2.30. The van der Waals surface area contributed by atoms with Gasteiger partial charge in [-0.2, -0.15) is 5.10 Å². The largest absolute Gasteiger partial charge is 0.342 e. The minimum absolute atomic E-state index is 0.117. The predicted molar refractivity (Wildman–Crippen MR) is 121 cm³/mol. The van der Waals surface area contributed by atoms with E-state index >= 15 is 0 Å². The minimum Gasteiger partial charge on any atom is -0.342 e. The van der Waals surface area contributed by atoms with Crippen molar-refractivity contribution in [2.45, 2.75) is 52.4 Å². The van der Waals surface area contributed by atoms with Crippen LogP contribution in [0.2, 0.25) is 0 Å². The lowest BCUT2D eigenvalue weighted by atomic mass is 9.87. The molecule has 1 fully saturated rings. The summed E-state index contributed by atoms with van der Waals surface area (Å²) < 4.78 is 0. The smallest absolute Gasteiger partial charge is 0.222 e. The van der Waals surface area contributed by atoms with E-state index in [4.69, 9.17) is 0 Å². The summed E-state index contributed by atoms with van der Waals surface area (Å²) in [5.74, 6) is 0.209. The fraction of sp³-hybridized carbons (Fsp3) is 0.423. The zero-order valence-corrected chi connectivity index (χ0v) is 18.3. The zero-order valence-electron chi connectivity index (χ0n) is 18.3. The van der Waals surface area contributed by atoms with Gasteiger partial charge in [-0.05, 0) is 73.4 Å². The molecule has 1 aliphatic heterocycles. The monoisotopic (exact) mass is 415 g/mol. The van der Waals surface area contributed by atoms with Gasteiger partial charge in [-0.25, -0.2) is 0 Å². The Labute approximate surface area is 182 Å². The second-order valence-corrected chi connectivity index (χ2v) is 9.07. The molecule has 1 N–H and O–H groups in total. The molecule has 1 amide bonds.